The number of benzene rings is 3. The number of hydrogen-bond acceptors (Lipinski definition) is 4. The molecular weight excluding hydrogens is 538 g/mol. The fourth-order valence-corrected chi connectivity index (χ4v) is 5.62. The molecule has 0 bridgehead atoms. The zero-order valence-electron chi connectivity index (χ0n) is 23.0. The molecule has 0 fully saturated rings. The summed E-state index contributed by atoms with van der Waals surface area (Å²) >= 11 is 0. The Morgan fingerprint density at radius 1 is 0.951 bits per heavy atom. The van der Waals surface area contributed by atoms with Gasteiger partial charge in [-0.25, -0.2) is 3.97 Å². The summed E-state index contributed by atoms with van der Waals surface area (Å²) in [6, 6.07) is 22.0. The third kappa shape index (κ3) is 5.79. The highest BCUT2D eigenvalue weighted by Gasteiger charge is 2.22. The highest BCUT2D eigenvalue weighted by molar-refractivity contribution is 7.87. The van der Waals surface area contributed by atoms with Crippen LogP contribution in [0.15, 0.2) is 90.9 Å². The van der Waals surface area contributed by atoms with Crippen LogP contribution in [0.2, 0.25) is 0 Å². The molecule has 9 nitrogen and oxygen atoms in total. The molecule has 0 atom stereocenters. The number of aromatic nitrogens is 2. The lowest BCUT2D eigenvalue weighted by Crippen LogP contribution is -2.35. The maximum absolute atomic E-state index is 13.5. The van der Waals surface area contributed by atoms with Crippen molar-refractivity contribution < 1.29 is 18.0 Å². The van der Waals surface area contributed by atoms with E-state index in [0.29, 0.717) is 35.0 Å². The molecule has 0 unspecified atom stereocenters. The Labute approximate surface area is 238 Å². The fourth-order valence-electron chi connectivity index (χ4n) is 4.61. The number of nitrogens with zero attached hydrogens (tertiary/aromatic N) is 2. The van der Waals surface area contributed by atoms with E-state index >= 15 is 0 Å². The summed E-state index contributed by atoms with van der Waals surface area (Å²) in [5.74, 6) is -0.940. The van der Waals surface area contributed by atoms with Gasteiger partial charge in [0.1, 0.15) is 5.70 Å². The number of fused-ring (bicyclic) bond motifs is 2. The lowest BCUT2D eigenvalue weighted by molar-refractivity contribution is -0.117. The second-order valence-corrected chi connectivity index (χ2v) is 12.0. The third-order valence-corrected chi connectivity index (χ3v) is 8.60. The zero-order valence-corrected chi connectivity index (χ0v) is 23.8. The molecule has 10 heteroatoms. The van der Waals surface area contributed by atoms with Gasteiger partial charge < -0.3 is 15.6 Å². The van der Waals surface area contributed by atoms with E-state index in [-0.39, 0.29) is 5.70 Å². The topological polar surface area (TPSA) is 116 Å². The van der Waals surface area contributed by atoms with Crippen LogP contribution in [-0.4, -0.2) is 54.1 Å². The molecule has 5 rings (SSSR count). The summed E-state index contributed by atoms with van der Waals surface area (Å²) in [7, 11) is -0.931. The number of amides is 2. The van der Waals surface area contributed by atoms with E-state index in [0.717, 1.165) is 26.3 Å². The minimum atomic E-state index is -3.84. The number of carbonyl (C=O) groups is 2. The molecule has 5 aromatic rings. The molecule has 0 saturated carbocycles. The number of rotatable bonds is 9. The average Bonchev–Trinajstić information content (AvgIpc) is 3.55. The van der Waals surface area contributed by atoms with Crippen LogP contribution in [-0.2, 0) is 21.4 Å². The summed E-state index contributed by atoms with van der Waals surface area (Å²) in [5, 5.41) is 7.35. The van der Waals surface area contributed by atoms with E-state index in [1.54, 1.807) is 36.4 Å². The van der Waals surface area contributed by atoms with Gasteiger partial charge in [0.2, 0.25) is 0 Å². The smallest absolute Gasteiger partial charge is 0.307 e. The summed E-state index contributed by atoms with van der Waals surface area (Å²) in [6.45, 7) is 2.25. The van der Waals surface area contributed by atoms with Gasteiger partial charge in [-0.1, -0.05) is 54.1 Å². The minimum absolute atomic E-state index is 0.000319. The Morgan fingerprint density at radius 3 is 2.37 bits per heavy atom. The highest BCUT2D eigenvalue weighted by atomic mass is 32.2. The molecule has 210 valence electrons. The van der Waals surface area contributed by atoms with Crippen LogP contribution in [0.25, 0.3) is 27.9 Å². The van der Waals surface area contributed by atoms with Crippen molar-refractivity contribution in [2.75, 3.05) is 20.6 Å². The summed E-state index contributed by atoms with van der Waals surface area (Å²) in [5.41, 5.74) is 4.40. The van der Waals surface area contributed by atoms with Gasteiger partial charge in [0.05, 0.1) is 5.52 Å². The standard InChI is InChI=1S/C31H31N5O4S/c1-21-12-14-22(15-13-21)30(37)34-28(31(38)32-17-16-23-19-33-27-10-6-4-8-25(23)27)18-24-20-36(41(39,40)35(2)3)29-11-7-5-9-26(24)29/h4-15,18-20,33H,16-17H2,1-3H3,(H,32,38)(H,34,37). The van der Waals surface area contributed by atoms with E-state index < -0.39 is 22.0 Å². The number of aromatic amines is 1. The molecule has 0 spiro atoms. The van der Waals surface area contributed by atoms with Crippen molar-refractivity contribution in [3.05, 3.63) is 113 Å². The number of carbonyl (C=O) groups excluding carboxylic acids is 2. The Morgan fingerprint density at radius 2 is 1.63 bits per heavy atom. The van der Waals surface area contributed by atoms with Gasteiger partial charge in [0, 0.05) is 60.4 Å². The molecule has 3 aromatic carbocycles. The number of hydrogen-bond donors (Lipinski definition) is 3. The van der Waals surface area contributed by atoms with E-state index in [1.165, 1.54) is 30.3 Å². The van der Waals surface area contributed by atoms with Crippen LogP contribution >= 0.6 is 0 Å². The average molecular weight is 570 g/mol. The minimum Gasteiger partial charge on any atom is -0.361 e. The van der Waals surface area contributed by atoms with Crippen molar-refractivity contribution in [1.82, 2.24) is 23.9 Å². The van der Waals surface area contributed by atoms with Crippen LogP contribution in [0, 0.1) is 6.92 Å². The van der Waals surface area contributed by atoms with Crippen LogP contribution in [0.3, 0.4) is 0 Å². The van der Waals surface area contributed by atoms with Crippen molar-refractivity contribution in [3.8, 4) is 0 Å². The Kier molecular flexibility index (Phi) is 7.78. The Balaban J connectivity index is 1.48. The number of H-pyrrole nitrogens is 1. The molecule has 41 heavy (non-hydrogen) atoms. The van der Waals surface area contributed by atoms with Crippen molar-refractivity contribution in [2.45, 2.75) is 13.3 Å². The lowest BCUT2D eigenvalue weighted by Gasteiger charge is -2.13. The third-order valence-electron chi connectivity index (χ3n) is 6.88. The number of nitrogens with one attached hydrogen (secondary N) is 3. The molecule has 0 aliphatic rings. The summed E-state index contributed by atoms with van der Waals surface area (Å²) in [6.07, 6.45) is 5.47. The molecule has 0 aliphatic carbocycles. The molecule has 3 N–H and O–H groups in total. The van der Waals surface area contributed by atoms with Crippen LogP contribution in [0.4, 0.5) is 0 Å². The predicted octanol–water partition coefficient (Wildman–Crippen LogP) is 4.22. The first-order valence-corrected chi connectivity index (χ1v) is 14.5. The molecule has 0 radical (unpaired) electrons. The highest BCUT2D eigenvalue weighted by Crippen LogP contribution is 2.26. The lowest BCUT2D eigenvalue weighted by atomic mass is 10.1. The first kappa shape index (κ1) is 27.9. The Bertz CT molecular complexity index is 1880. The van der Waals surface area contributed by atoms with Crippen molar-refractivity contribution in [2.24, 2.45) is 0 Å². The van der Waals surface area contributed by atoms with Crippen molar-refractivity contribution >= 4 is 49.9 Å². The first-order chi connectivity index (χ1) is 19.6. The van der Waals surface area contributed by atoms with Crippen LogP contribution < -0.4 is 10.6 Å². The second-order valence-electron chi connectivity index (χ2n) is 9.93. The van der Waals surface area contributed by atoms with E-state index in [1.807, 2.05) is 49.5 Å². The van der Waals surface area contributed by atoms with Crippen LogP contribution in [0.1, 0.15) is 27.0 Å². The first-order valence-electron chi connectivity index (χ1n) is 13.1. The van der Waals surface area contributed by atoms with Gasteiger partial charge in [-0.2, -0.15) is 12.7 Å². The molecule has 0 saturated heterocycles. The molecule has 2 amide bonds. The molecule has 2 aromatic heterocycles. The maximum Gasteiger partial charge on any atom is 0.307 e. The van der Waals surface area contributed by atoms with Gasteiger partial charge in [0.15, 0.2) is 0 Å². The monoisotopic (exact) mass is 569 g/mol. The van der Waals surface area contributed by atoms with Crippen molar-refractivity contribution in [1.29, 1.82) is 0 Å². The van der Waals surface area contributed by atoms with Gasteiger partial charge in [-0.15, -0.1) is 0 Å². The van der Waals surface area contributed by atoms with E-state index in [4.69, 9.17) is 0 Å². The predicted molar refractivity (Wildman–Crippen MR) is 162 cm³/mol. The fraction of sp³-hybridized carbons (Fsp3) is 0.161. The Hall–Kier alpha value is -4.67. The van der Waals surface area contributed by atoms with E-state index in [9.17, 15) is 18.0 Å². The normalized spacial score (nSPS) is 12.2. The number of aryl methyl sites for hydroxylation is 1. The molecular formula is C31H31N5O4S. The molecule has 2 heterocycles. The summed E-state index contributed by atoms with van der Waals surface area (Å²) in [4.78, 5) is 29.8. The van der Waals surface area contributed by atoms with Gasteiger partial charge in [0.25, 0.3) is 11.8 Å². The largest absolute Gasteiger partial charge is 0.361 e. The van der Waals surface area contributed by atoms with Gasteiger partial charge in [-0.3, -0.25) is 9.59 Å². The maximum atomic E-state index is 13.5. The van der Waals surface area contributed by atoms with Crippen LogP contribution in [0.5, 0.6) is 0 Å². The quantitative estimate of drug-likeness (QED) is 0.231. The van der Waals surface area contributed by atoms with E-state index in [2.05, 4.69) is 15.6 Å². The van der Waals surface area contributed by atoms with Gasteiger partial charge in [-0.05, 0) is 49.2 Å². The van der Waals surface area contributed by atoms with Gasteiger partial charge >= 0.3 is 10.2 Å². The second kappa shape index (κ2) is 11.4. The molecule has 0 aliphatic heterocycles. The summed E-state index contributed by atoms with van der Waals surface area (Å²) < 4.78 is 28.4. The van der Waals surface area contributed by atoms with Crippen molar-refractivity contribution in [3.63, 3.8) is 0 Å². The number of para-hydroxylation sites is 2. The SMILES string of the molecule is Cc1ccc(C(=O)NC(=Cc2cn(S(=O)(=O)N(C)C)c3ccccc23)C(=O)NCCc2c[nH]c3ccccc23)cc1. The zero-order chi connectivity index (χ0) is 29.1.